The van der Waals surface area contributed by atoms with Crippen LogP contribution in [0.1, 0.15) is 17.1 Å². The summed E-state index contributed by atoms with van der Waals surface area (Å²) in [5, 5.41) is 1.45. The van der Waals surface area contributed by atoms with Crippen molar-refractivity contribution in [2.45, 2.75) is 6.92 Å². The van der Waals surface area contributed by atoms with Gasteiger partial charge in [0.25, 0.3) is 5.56 Å². The van der Waals surface area contributed by atoms with Crippen LogP contribution in [0.3, 0.4) is 0 Å². The van der Waals surface area contributed by atoms with Gasteiger partial charge in [-0.05, 0) is 36.8 Å². The van der Waals surface area contributed by atoms with E-state index in [1.165, 1.54) is 0 Å². The Labute approximate surface area is 152 Å². The Morgan fingerprint density at radius 1 is 1.20 bits per heavy atom. The van der Waals surface area contributed by atoms with E-state index in [1.54, 1.807) is 35.0 Å². The number of hydrogen-bond acceptors (Lipinski definition) is 3. The van der Waals surface area contributed by atoms with E-state index in [4.69, 9.17) is 23.2 Å². The zero-order chi connectivity index (χ0) is 17.6. The van der Waals surface area contributed by atoms with Crippen LogP contribution < -0.4 is 5.56 Å². The lowest BCUT2D eigenvalue weighted by Crippen LogP contribution is -2.11. The molecule has 0 aliphatic rings. The normalized spacial score (nSPS) is 12.2. The third-order valence-corrected chi connectivity index (χ3v) is 4.38. The van der Waals surface area contributed by atoms with Crippen LogP contribution in [0.15, 0.2) is 47.5 Å². The standard InChI is InChI=1S/C18H12Cl2N4O/c1-10-3-2-4-13-16(10)22-17(23-18(13)25)14(20)7-12-9-24-8-11(19)5-6-15(24)21-12/h2-9H,1H3,(H,22,23,25)/b14-7-. The average molecular weight is 371 g/mol. The Hall–Kier alpha value is -2.63. The maximum atomic E-state index is 12.3. The van der Waals surface area contributed by atoms with E-state index in [9.17, 15) is 4.79 Å². The first-order valence-corrected chi connectivity index (χ1v) is 8.28. The summed E-state index contributed by atoms with van der Waals surface area (Å²) in [6.45, 7) is 1.90. The Balaban J connectivity index is 1.82. The fourth-order valence-corrected chi connectivity index (χ4v) is 3.04. The molecule has 0 atom stereocenters. The summed E-state index contributed by atoms with van der Waals surface area (Å²) in [6, 6.07) is 9.05. The van der Waals surface area contributed by atoms with E-state index >= 15 is 0 Å². The van der Waals surface area contributed by atoms with Crippen molar-refractivity contribution in [3.8, 4) is 0 Å². The van der Waals surface area contributed by atoms with Gasteiger partial charge in [-0.25, -0.2) is 9.97 Å². The van der Waals surface area contributed by atoms with Crippen molar-refractivity contribution in [1.82, 2.24) is 19.4 Å². The van der Waals surface area contributed by atoms with E-state index in [2.05, 4.69) is 15.0 Å². The van der Waals surface area contributed by atoms with Gasteiger partial charge in [0.05, 0.1) is 26.7 Å². The number of benzene rings is 1. The van der Waals surface area contributed by atoms with Crippen molar-refractivity contribution in [2.75, 3.05) is 0 Å². The van der Waals surface area contributed by atoms with E-state index in [-0.39, 0.29) is 5.56 Å². The molecule has 4 rings (SSSR count). The van der Waals surface area contributed by atoms with Crippen LogP contribution in [0.2, 0.25) is 5.02 Å². The molecule has 0 aliphatic heterocycles. The number of aromatic amines is 1. The second-order valence-electron chi connectivity index (χ2n) is 5.66. The van der Waals surface area contributed by atoms with Crippen molar-refractivity contribution >= 4 is 50.9 Å². The van der Waals surface area contributed by atoms with Crippen molar-refractivity contribution < 1.29 is 0 Å². The summed E-state index contributed by atoms with van der Waals surface area (Å²) in [4.78, 5) is 23.9. The summed E-state index contributed by atoms with van der Waals surface area (Å²) >= 11 is 12.4. The van der Waals surface area contributed by atoms with Crippen LogP contribution in [0.5, 0.6) is 0 Å². The van der Waals surface area contributed by atoms with Gasteiger partial charge in [0.2, 0.25) is 0 Å². The summed E-state index contributed by atoms with van der Waals surface area (Å²) in [7, 11) is 0. The molecule has 0 spiro atoms. The lowest BCUT2D eigenvalue weighted by atomic mass is 10.1. The maximum absolute atomic E-state index is 12.3. The first kappa shape index (κ1) is 15.9. The minimum Gasteiger partial charge on any atom is -0.305 e. The number of H-pyrrole nitrogens is 1. The third-order valence-electron chi connectivity index (χ3n) is 3.87. The van der Waals surface area contributed by atoms with Gasteiger partial charge in [-0.2, -0.15) is 0 Å². The Bertz CT molecular complexity index is 1210. The van der Waals surface area contributed by atoms with Crippen LogP contribution in [0.4, 0.5) is 0 Å². The molecule has 0 amide bonds. The SMILES string of the molecule is Cc1cccc2c(=O)[nH]c(/C(Cl)=C/c3cn4cc(Cl)ccc4n3)nc12. The van der Waals surface area contributed by atoms with Crippen LogP contribution in [0.25, 0.3) is 27.7 Å². The summed E-state index contributed by atoms with van der Waals surface area (Å²) < 4.78 is 1.80. The molecule has 3 aromatic heterocycles. The number of imidazole rings is 1. The molecule has 1 N–H and O–H groups in total. The smallest absolute Gasteiger partial charge is 0.259 e. The van der Waals surface area contributed by atoms with Crippen molar-refractivity contribution in [3.63, 3.8) is 0 Å². The second kappa shape index (κ2) is 6.02. The van der Waals surface area contributed by atoms with Gasteiger partial charge in [0.15, 0.2) is 5.82 Å². The highest BCUT2D eigenvalue weighted by Gasteiger charge is 2.09. The average Bonchev–Trinajstić information content (AvgIpc) is 2.97. The Morgan fingerprint density at radius 2 is 2.04 bits per heavy atom. The molecule has 5 nitrogen and oxygen atoms in total. The zero-order valence-corrected chi connectivity index (χ0v) is 14.6. The maximum Gasteiger partial charge on any atom is 0.259 e. The van der Waals surface area contributed by atoms with Crippen LogP contribution in [-0.2, 0) is 0 Å². The van der Waals surface area contributed by atoms with Gasteiger partial charge >= 0.3 is 0 Å². The molecule has 0 unspecified atom stereocenters. The van der Waals surface area contributed by atoms with E-state index in [0.717, 1.165) is 11.2 Å². The molecule has 3 heterocycles. The summed E-state index contributed by atoms with van der Waals surface area (Å²) in [6.07, 6.45) is 5.22. The molecular formula is C18H12Cl2N4O. The van der Waals surface area contributed by atoms with E-state index in [0.29, 0.717) is 32.5 Å². The van der Waals surface area contributed by atoms with Crippen molar-refractivity contribution in [3.05, 3.63) is 75.2 Å². The molecule has 0 aliphatic carbocycles. The molecule has 0 bridgehead atoms. The van der Waals surface area contributed by atoms with E-state index in [1.807, 2.05) is 25.1 Å². The molecule has 0 fully saturated rings. The third kappa shape index (κ3) is 2.92. The molecule has 1 aromatic carbocycles. The Kier molecular flexibility index (Phi) is 3.82. The molecule has 7 heteroatoms. The van der Waals surface area contributed by atoms with Crippen molar-refractivity contribution in [1.29, 1.82) is 0 Å². The molecule has 25 heavy (non-hydrogen) atoms. The number of rotatable bonds is 2. The van der Waals surface area contributed by atoms with Crippen LogP contribution in [-0.4, -0.2) is 19.4 Å². The van der Waals surface area contributed by atoms with Crippen LogP contribution in [0, 0.1) is 6.92 Å². The highest BCUT2D eigenvalue weighted by atomic mass is 35.5. The number of hydrogen-bond donors (Lipinski definition) is 1. The Morgan fingerprint density at radius 3 is 2.88 bits per heavy atom. The van der Waals surface area contributed by atoms with E-state index < -0.39 is 0 Å². The topological polar surface area (TPSA) is 63.0 Å². The van der Waals surface area contributed by atoms with Gasteiger partial charge < -0.3 is 9.38 Å². The highest BCUT2D eigenvalue weighted by Crippen LogP contribution is 2.21. The number of aryl methyl sites for hydroxylation is 1. The first-order chi connectivity index (χ1) is 12.0. The van der Waals surface area contributed by atoms with Gasteiger partial charge in [0.1, 0.15) is 5.65 Å². The largest absolute Gasteiger partial charge is 0.305 e. The van der Waals surface area contributed by atoms with Gasteiger partial charge in [-0.1, -0.05) is 35.3 Å². The number of para-hydroxylation sites is 1. The number of aromatic nitrogens is 4. The molecular weight excluding hydrogens is 359 g/mol. The van der Waals surface area contributed by atoms with Crippen LogP contribution >= 0.6 is 23.2 Å². The number of pyridine rings is 1. The molecule has 0 saturated heterocycles. The predicted molar refractivity (Wildman–Crippen MR) is 101 cm³/mol. The molecule has 124 valence electrons. The first-order valence-electron chi connectivity index (χ1n) is 7.53. The number of nitrogens with one attached hydrogen (secondary N) is 1. The van der Waals surface area contributed by atoms with Gasteiger partial charge in [-0.3, -0.25) is 4.79 Å². The number of halogens is 2. The quantitative estimate of drug-likeness (QED) is 0.572. The van der Waals surface area contributed by atoms with Crippen molar-refractivity contribution in [2.24, 2.45) is 0 Å². The lowest BCUT2D eigenvalue weighted by Gasteiger charge is -2.03. The monoisotopic (exact) mass is 370 g/mol. The predicted octanol–water partition coefficient (Wildman–Crippen LogP) is 4.27. The zero-order valence-electron chi connectivity index (χ0n) is 13.1. The van der Waals surface area contributed by atoms with Gasteiger partial charge in [0, 0.05) is 12.4 Å². The highest BCUT2D eigenvalue weighted by molar-refractivity contribution is 6.50. The second-order valence-corrected chi connectivity index (χ2v) is 6.50. The summed E-state index contributed by atoms with van der Waals surface area (Å²) in [5.41, 5.74) is 2.71. The fourth-order valence-electron chi connectivity index (χ4n) is 2.67. The number of fused-ring (bicyclic) bond motifs is 2. The fraction of sp³-hybridized carbons (Fsp3) is 0.0556. The molecule has 4 aromatic rings. The minimum atomic E-state index is -0.225. The van der Waals surface area contributed by atoms with Gasteiger partial charge in [-0.15, -0.1) is 0 Å². The minimum absolute atomic E-state index is 0.225. The number of nitrogens with zero attached hydrogens (tertiary/aromatic N) is 3. The molecule has 0 saturated carbocycles. The molecule has 0 radical (unpaired) electrons. The summed E-state index contributed by atoms with van der Waals surface area (Å²) in [5.74, 6) is 0.309. The lowest BCUT2D eigenvalue weighted by molar-refractivity contribution is 1.13.